The molecule has 2 aliphatic heterocycles. The molecule has 0 radical (unpaired) electrons. The first-order valence-corrected chi connectivity index (χ1v) is 9.17. The van der Waals surface area contributed by atoms with Crippen LogP contribution in [0, 0.1) is 12.8 Å². The molecule has 1 saturated heterocycles. The van der Waals surface area contributed by atoms with Crippen molar-refractivity contribution < 1.29 is 4.79 Å². The monoisotopic (exact) mass is 336 g/mol. The van der Waals surface area contributed by atoms with Crippen LogP contribution in [0.5, 0.6) is 0 Å². The van der Waals surface area contributed by atoms with Gasteiger partial charge in [0.2, 0.25) is 5.91 Å². The molecule has 1 amide bonds. The lowest BCUT2D eigenvalue weighted by atomic mass is 9.94. The quantitative estimate of drug-likeness (QED) is 0.846. The van der Waals surface area contributed by atoms with Crippen LogP contribution in [0.3, 0.4) is 0 Å². The molecule has 1 fully saturated rings. The van der Waals surface area contributed by atoms with Gasteiger partial charge >= 0.3 is 0 Å². The van der Waals surface area contributed by atoms with Crippen LogP contribution < -0.4 is 9.80 Å². The van der Waals surface area contributed by atoms with E-state index in [0.717, 1.165) is 62.5 Å². The molecule has 1 atom stereocenters. The van der Waals surface area contributed by atoms with Crippen molar-refractivity contribution in [1.82, 2.24) is 10.2 Å². The minimum absolute atomic E-state index is 0.0306. The maximum absolute atomic E-state index is 13.2. The van der Waals surface area contributed by atoms with Crippen molar-refractivity contribution in [3.63, 3.8) is 0 Å². The fourth-order valence-electron chi connectivity index (χ4n) is 3.93. The lowest BCUT2D eigenvalue weighted by Gasteiger charge is -2.37. The molecule has 5 nitrogen and oxygen atoms in total. The van der Waals surface area contributed by atoms with E-state index in [2.05, 4.69) is 33.3 Å². The highest BCUT2D eigenvalue weighted by Crippen LogP contribution is 2.30. The second-order valence-corrected chi connectivity index (χ2v) is 7.04. The minimum atomic E-state index is 0.0306. The first-order valence-electron chi connectivity index (χ1n) is 9.17. The predicted molar refractivity (Wildman–Crippen MR) is 98.8 cm³/mol. The molecule has 130 valence electrons. The lowest BCUT2D eigenvalue weighted by Crippen LogP contribution is -2.46. The Kier molecular flexibility index (Phi) is 4.38. The zero-order valence-corrected chi connectivity index (χ0v) is 14.7. The van der Waals surface area contributed by atoms with E-state index in [0.29, 0.717) is 0 Å². The maximum Gasteiger partial charge on any atom is 0.231 e. The molecular formula is C20H24N4O. The largest absolute Gasteiger partial charge is 0.354 e. The standard InChI is InChI=1S/C20H24N4O/c1-15-10-11-19(22-21-15)23-12-4-8-17(14-23)20(25)24-13-5-7-16-6-2-3-9-18(16)24/h2-3,6,9-11,17H,4-5,7-8,12-14H2,1H3. The number of fused-ring (bicyclic) bond motifs is 1. The number of benzene rings is 1. The summed E-state index contributed by atoms with van der Waals surface area (Å²) in [6.45, 7) is 4.44. The van der Waals surface area contributed by atoms with Gasteiger partial charge in [-0.15, -0.1) is 5.10 Å². The molecule has 25 heavy (non-hydrogen) atoms. The second-order valence-electron chi connectivity index (χ2n) is 7.04. The molecule has 0 aliphatic carbocycles. The van der Waals surface area contributed by atoms with E-state index in [-0.39, 0.29) is 11.8 Å². The van der Waals surface area contributed by atoms with Gasteiger partial charge in [0, 0.05) is 25.3 Å². The predicted octanol–water partition coefficient (Wildman–Crippen LogP) is 2.98. The normalized spacial score (nSPS) is 20.3. The number of para-hydroxylation sites is 1. The van der Waals surface area contributed by atoms with E-state index in [1.165, 1.54) is 5.56 Å². The van der Waals surface area contributed by atoms with Crippen molar-refractivity contribution in [2.75, 3.05) is 29.4 Å². The Morgan fingerprint density at radius 3 is 2.80 bits per heavy atom. The third-order valence-corrected chi connectivity index (χ3v) is 5.25. The molecule has 1 unspecified atom stereocenters. The van der Waals surface area contributed by atoms with Crippen molar-refractivity contribution in [2.24, 2.45) is 5.92 Å². The van der Waals surface area contributed by atoms with Crippen molar-refractivity contribution in [3.8, 4) is 0 Å². The van der Waals surface area contributed by atoms with Gasteiger partial charge < -0.3 is 9.80 Å². The molecule has 3 heterocycles. The number of aryl methyl sites for hydroxylation is 2. The molecule has 0 N–H and O–H groups in total. The van der Waals surface area contributed by atoms with E-state index in [1.807, 2.05) is 30.0 Å². The molecular weight excluding hydrogens is 312 g/mol. The summed E-state index contributed by atoms with van der Waals surface area (Å²) in [5, 5.41) is 8.45. The molecule has 4 rings (SSSR count). The number of amides is 1. The molecule has 0 saturated carbocycles. The van der Waals surface area contributed by atoms with E-state index in [1.54, 1.807) is 0 Å². The average molecular weight is 336 g/mol. The number of hydrogen-bond donors (Lipinski definition) is 0. The summed E-state index contributed by atoms with van der Waals surface area (Å²) in [6.07, 6.45) is 4.08. The number of carbonyl (C=O) groups is 1. The summed E-state index contributed by atoms with van der Waals surface area (Å²) in [6, 6.07) is 12.3. The SMILES string of the molecule is Cc1ccc(N2CCCC(C(=O)N3CCCc4ccccc43)C2)nn1. The third kappa shape index (κ3) is 3.23. The zero-order valence-electron chi connectivity index (χ0n) is 14.7. The number of hydrogen-bond acceptors (Lipinski definition) is 4. The maximum atomic E-state index is 13.2. The van der Waals surface area contributed by atoms with Gasteiger partial charge in [-0.25, -0.2) is 0 Å². The first kappa shape index (κ1) is 16.1. The smallest absolute Gasteiger partial charge is 0.231 e. The summed E-state index contributed by atoms with van der Waals surface area (Å²) in [5.41, 5.74) is 3.31. The number of rotatable bonds is 2. The number of nitrogens with zero attached hydrogens (tertiary/aromatic N) is 4. The van der Waals surface area contributed by atoms with Gasteiger partial charge in [0.25, 0.3) is 0 Å². The van der Waals surface area contributed by atoms with E-state index in [4.69, 9.17) is 0 Å². The van der Waals surface area contributed by atoms with E-state index < -0.39 is 0 Å². The molecule has 0 spiro atoms. The first-order chi connectivity index (χ1) is 12.2. The van der Waals surface area contributed by atoms with Crippen molar-refractivity contribution >= 4 is 17.4 Å². The summed E-state index contributed by atoms with van der Waals surface area (Å²) in [4.78, 5) is 17.4. The van der Waals surface area contributed by atoms with Crippen molar-refractivity contribution in [3.05, 3.63) is 47.7 Å². The average Bonchev–Trinajstić information content (AvgIpc) is 2.68. The summed E-state index contributed by atoms with van der Waals surface area (Å²) in [5.74, 6) is 1.17. The number of carbonyl (C=O) groups excluding carboxylic acids is 1. The van der Waals surface area contributed by atoms with Crippen LogP contribution in [-0.2, 0) is 11.2 Å². The van der Waals surface area contributed by atoms with Crippen LogP contribution in [0.15, 0.2) is 36.4 Å². The molecule has 1 aromatic heterocycles. The highest BCUT2D eigenvalue weighted by molar-refractivity contribution is 5.96. The Labute approximate surface area is 148 Å². The van der Waals surface area contributed by atoms with Gasteiger partial charge in [0.15, 0.2) is 5.82 Å². The van der Waals surface area contributed by atoms with Gasteiger partial charge in [-0.3, -0.25) is 4.79 Å². The van der Waals surface area contributed by atoms with Crippen LogP contribution in [0.25, 0.3) is 0 Å². The van der Waals surface area contributed by atoms with Crippen LogP contribution in [0.4, 0.5) is 11.5 Å². The highest BCUT2D eigenvalue weighted by atomic mass is 16.2. The van der Waals surface area contributed by atoms with Crippen LogP contribution >= 0.6 is 0 Å². The molecule has 2 aromatic rings. The van der Waals surface area contributed by atoms with Gasteiger partial charge in [-0.05, 0) is 56.4 Å². The summed E-state index contributed by atoms with van der Waals surface area (Å²) in [7, 11) is 0. The molecule has 1 aromatic carbocycles. The fraction of sp³-hybridized carbons (Fsp3) is 0.450. The van der Waals surface area contributed by atoms with Crippen LogP contribution in [0.1, 0.15) is 30.5 Å². The van der Waals surface area contributed by atoms with Gasteiger partial charge in [0.05, 0.1) is 11.6 Å². The molecule has 2 aliphatic rings. The van der Waals surface area contributed by atoms with Gasteiger partial charge in [0.1, 0.15) is 0 Å². The van der Waals surface area contributed by atoms with Crippen LogP contribution in [0.2, 0.25) is 0 Å². The summed E-state index contributed by atoms with van der Waals surface area (Å²) >= 11 is 0. The third-order valence-electron chi connectivity index (χ3n) is 5.25. The topological polar surface area (TPSA) is 49.3 Å². The van der Waals surface area contributed by atoms with Gasteiger partial charge in [-0.1, -0.05) is 18.2 Å². The van der Waals surface area contributed by atoms with Crippen LogP contribution in [-0.4, -0.2) is 35.7 Å². The van der Waals surface area contributed by atoms with Crippen molar-refractivity contribution in [2.45, 2.75) is 32.6 Å². The Hall–Kier alpha value is -2.43. The molecule has 0 bridgehead atoms. The fourth-order valence-corrected chi connectivity index (χ4v) is 3.93. The van der Waals surface area contributed by atoms with E-state index in [9.17, 15) is 4.79 Å². The number of anilines is 2. The van der Waals surface area contributed by atoms with Crippen molar-refractivity contribution in [1.29, 1.82) is 0 Å². The minimum Gasteiger partial charge on any atom is -0.354 e. The second kappa shape index (κ2) is 6.82. The number of aromatic nitrogens is 2. The Morgan fingerprint density at radius 1 is 1.08 bits per heavy atom. The highest BCUT2D eigenvalue weighted by Gasteiger charge is 2.32. The summed E-state index contributed by atoms with van der Waals surface area (Å²) < 4.78 is 0. The van der Waals surface area contributed by atoms with Gasteiger partial charge in [-0.2, -0.15) is 5.10 Å². The lowest BCUT2D eigenvalue weighted by molar-refractivity contribution is -0.122. The zero-order chi connectivity index (χ0) is 17.2. The Bertz CT molecular complexity index is 759. The molecule has 5 heteroatoms. The Balaban J connectivity index is 1.52. The van der Waals surface area contributed by atoms with E-state index >= 15 is 0 Å². The Morgan fingerprint density at radius 2 is 1.96 bits per heavy atom. The number of piperidine rings is 1.